The van der Waals surface area contributed by atoms with Gasteiger partial charge in [-0.1, -0.05) is 41.9 Å². The van der Waals surface area contributed by atoms with E-state index in [9.17, 15) is 4.79 Å². The number of carbonyl (C=O) groups is 1. The van der Waals surface area contributed by atoms with E-state index in [2.05, 4.69) is 10.4 Å². The monoisotopic (exact) mass is 381 g/mol. The molecule has 0 saturated carbocycles. The van der Waals surface area contributed by atoms with Gasteiger partial charge in [0, 0.05) is 23.7 Å². The maximum Gasteiger partial charge on any atom is 0.255 e. The average Bonchev–Trinajstić information content (AvgIpc) is 3.37. The normalized spacial score (nSPS) is 16.4. The molecular formula is C21H20ClN3O2. The average molecular weight is 382 g/mol. The lowest BCUT2D eigenvalue weighted by Gasteiger charge is -2.12. The van der Waals surface area contributed by atoms with E-state index in [0.717, 1.165) is 36.4 Å². The van der Waals surface area contributed by atoms with Gasteiger partial charge in [-0.15, -0.1) is 0 Å². The van der Waals surface area contributed by atoms with Gasteiger partial charge in [0.05, 0.1) is 29.2 Å². The van der Waals surface area contributed by atoms with Crippen LogP contribution in [0.1, 0.15) is 23.2 Å². The number of aromatic nitrogens is 2. The highest BCUT2D eigenvalue weighted by molar-refractivity contribution is 6.30. The van der Waals surface area contributed by atoms with Crippen molar-refractivity contribution in [2.24, 2.45) is 0 Å². The highest BCUT2D eigenvalue weighted by Gasteiger charge is 2.22. The van der Waals surface area contributed by atoms with Crippen LogP contribution in [-0.4, -0.2) is 34.9 Å². The zero-order chi connectivity index (χ0) is 18.6. The smallest absolute Gasteiger partial charge is 0.255 e. The minimum atomic E-state index is -0.149. The fourth-order valence-corrected chi connectivity index (χ4v) is 3.40. The van der Waals surface area contributed by atoms with Crippen molar-refractivity contribution in [1.29, 1.82) is 0 Å². The Hall–Kier alpha value is -2.63. The molecule has 2 heterocycles. The zero-order valence-electron chi connectivity index (χ0n) is 14.8. The lowest BCUT2D eigenvalue weighted by Crippen LogP contribution is -2.31. The molecule has 1 aromatic heterocycles. The lowest BCUT2D eigenvalue weighted by atomic mass is 10.1. The predicted molar refractivity (Wildman–Crippen MR) is 105 cm³/mol. The van der Waals surface area contributed by atoms with Crippen LogP contribution < -0.4 is 5.32 Å². The first-order chi connectivity index (χ1) is 13.2. The molecule has 3 aromatic rings. The maximum atomic E-state index is 12.9. The van der Waals surface area contributed by atoms with Crippen molar-refractivity contribution in [3.63, 3.8) is 0 Å². The number of rotatable bonds is 5. The van der Waals surface area contributed by atoms with Gasteiger partial charge >= 0.3 is 0 Å². The molecule has 2 aromatic carbocycles. The number of benzene rings is 2. The topological polar surface area (TPSA) is 56.1 Å². The van der Waals surface area contributed by atoms with Crippen molar-refractivity contribution in [1.82, 2.24) is 15.1 Å². The molecule has 0 bridgehead atoms. The second-order valence-corrected chi connectivity index (χ2v) is 6.94. The number of nitrogens with zero attached hydrogens (tertiary/aromatic N) is 2. The Morgan fingerprint density at radius 3 is 2.67 bits per heavy atom. The Morgan fingerprint density at radius 2 is 1.96 bits per heavy atom. The van der Waals surface area contributed by atoms with Gasteiger partial charge in [0.2, 0.25) is 0 Å². The first-order valence-electron chi connectivity index (χ1n) is 9.01. The van der Waals surface area contributed by atoms with Gasteiger partial charge < -0.3 is 10.1 Å². The van der Waals surface area contributed by atoms with Gasteiger partial charge in [0.15, 0.2) is 0 Å². The summed E-state index contributed by atoms with van der Waals surface area (Å²) in [5, 5.41) is 8.12. The molecular weight excluding hydrogens is 362 g/mol. The van der Waals surface area contributed by atoms with Gasteiger partial charge in [-0.3, -0.25) is 4.79 Å². The second-order valence-electron chi connectivity index (χ2n) is 6.51. The highest BCUT2D eigenvalue weighted by Crippen LogP contribution is 2.27. The summed E-state index contributed by atoms with van der Waals surface area (Å²) >= 11 is 6.01. The summed E-state index contributed by atoms with van der Waals surface area (Å²) in [6, 6.07) is 17.2. The molecule has 0 unspecified atom stereocenters. The molecule has 138 valence electrons. The molecule has 1 atom stereocenters. The summed E-state index contributed by atoms with van der Waals surface area (Å²) in [6.07, 6.45) is 3.74. The van der Waals surface area contributed by atoms with Crippen LogP contribution in [0.5, 0.6) is 0 Å². The molecule has 27 heavy (non-hydrogen) atoms. The third-order valence-electron chi connectivity index (χ3n) is 4.65. The van der Waals surface area contributed by atoms with E-state index in [1.54, 1.807) is 10.9 Å². The van der Waals surface area contributed by atoms with E-state index < -0.39 is 0 Å². The highest BCUT2D eigenvalue weighted by atomic mass is 35.5. The first-order valence-corrected chi connectivity index (χ1v) is 9.39. The fraction of sp³-hybridized carbons (Fsp3) is 0.238. The minimum absolute atomic E-state index is 0.0976. The van der Waals surface area contributed by atoms with Crippen LogP contribution in [0.3, 0.4) is 0 Å². The van der Waals surface area contributed by atoms with Crippen LogP contribution in [-0.2, 0) is 4.74 Å². The summed E-state index contributed by atoms with van der Waals surface area (Å²) in [7, 11) is 0. The third kappa shape index (κ3) is 3.89. The number of amides is 1. The molecule has 5 nitrogen and oxygen atoms in total. The van der Waals surface area contributed by atoms with Crippen molar-refractivity contribution < 1.29 is 9.53 Å². The molecule has 6 heteroatoms. The molecule has 0 spiro atoms. The summed E-state index contributed by atoms with van der Waals surface area (Å²) < 4.78 is 7.36. The number of carbonyl (C=O) groups excluding carboxylic acids is 1. The Balaban J connectivity index is 1.68. The summed E-state index contributed by atoms with van der Waals surface area (Å²) in [4.78, 5) is 12.9. The molecule has 4 rings (SSSR count). The van der Waals surface area contributed by atoms with Crippen LogP contribution in [0.15, 0.2) is 60.8 Å². The van der Waals surface area contributed by atoms with Crippen molar-refractivity contribution in [3.05, 3.63) is 71.4 Å². The van der Waals surface area contributed by atoms with E-state index >= 15 is 0 Å². The summed E-state index contributed by atoms with van der Waals surface area (Å²) in [6.45, 7) is 1.28. The fourth-order valence-electron chi connectivity index (χ4n) is 3.27. The number of hydrogen-bond acceptors (Lipinski definition) is 3. The Bertz CT molecular complexity index is 916. The van der Waals surface area contributed by atoms with Crippen molar-refractivity contribution >= 4 is 17.5 Å². The summed E-state index contributed by atoms with van der Waals surface area (Å²) in [5.74, 6) is -0.149. The van der Waals surface area contributed by atoms with Crippen molar-refractivity contribution in [3.8, 4) is 16.9 Å². The van der Waals surface area contributed by atoms with Crippen LogP contribution in [0.25, 0.3) is 16.9 Å². The Labute approximate surface area is 162 Å². The molecule has 1 aliphatic rings. The minimum Gasteiger partial charge on any atom is -0.376 e. The number of hydrogen-bond donors (Lipinski definition) is 1. The Morgan fingerprint density at radius 1 is 1.19 bits per heavy atom. The van der Waals surface area contributed by atoms with Crippen LogP contribution in [0, 0.1) is 0 Å². The maximum absolute atomic E-state index is 12.9. The standard InChI is InChI=1S/C21H20ClN3O2/c22-16-8-10-17(11-9-16)25-20(15-5-2-1-3-6-15)19(14-24-25)21(26)23-13-18-7-4-12-27-18/h1-3,5-6,8-11,14,18H,4,7,12-13H2,(H,23,26)/t18-/m1/s1. The van der Waals surface area contributed by atoms with Gasteiger partial charge in [0.25, 0.3) is 5.91 Å². The SMILES string of the molecule is O=C(NC[C@H]1CCCO1)c1cnn(-c2ccc(Cl)cc2)c1-c1ccccc1. The van der Waals surface area contributed by atoms with Gasteiger partial charge in [-0.2, -0.15) is 5.10 Å². The van der Waals surface area contributed by atoms with Crippen LogP contribution in [0.4, 0.5) is 0 Å². The molecule has 0 radical (unpaired) electrons. The van der Waals surface area contributed by atoms with E-state index in [1.165, 1.54) is 0 Å². The van der Waals surface area contributed by atoms with E-state index in [1.807, 2.05) is 54.6 Å². The largest absolute Gasteiger partial charge is 0.376 e. The number of nitrogens with one attached hydrogen (secondary N) is 1. The lowest BCUT2D eigenvalue weighted by molar-refractivity contribution is 0.0858. The van der Waals surface area contributed by atoms with Gasteiger partial charge in [-0.05, 0) is 37.1 Å². The molecule has 1 amide bonds. The Kier molecular flexibility index (Phi) is 5.23. The molecule has 0 aliphatic carbocycles. The van der Waals surface area contributed by atoms with Gasteiger partial charge in [-0.25, -0.2) is 4.68 Å². The number of ether oxygens (including phenoxy) is 1. The third-order valence-corrected chi connectivity index (χ3v) is 4.90. The summed E-state index contributed by atoms with van der Waals surface area (Å²) in [5.41, 5.74) is 3.06. The first kappa shape index (κ1) is 17.8. The molecule has 1 saturated heterocycles. The molecule has 1 aliphatic heterocycles. The van der Waals surface area contributed by atoms with Gasteiger partial charge in [0.1, 0.15) is 0 Å². The van der Waals surface area contributed by atoms with Crippen LogP contribution >= 0.6 is 11.6 Å². The number of halogens is 1. The van der Waals surface area contributed by atoms with Crippen molar-refractivity contribution in [2.45, 2.75) is 18.9 Å². The van der Waals surface area contributed by atoms with Crippen LogP contribution in [0.2, 0.25) is 5.02 Å². The predicted octanol–water partition coefficient (Wildman–Crippen LogP) is 4.10. The van der Waals surface area contributed by atoms with E-state index in [0.29, 0.717) is 17.1 Å². The quantitative estimate of drug-likeness (QED) is 0.723. The molecule has 1 fully saturated rings. The second kappa shape index (κ2) is 7.94. The molecule has 1 N–H and O–H groups in total. The van der Waals surface area contributed by atoms with Crippen molar-refractivity contribution in [2.75, 3.05) is 13.2 Å². The van der Waals surface area contributed by atoms with E-state index in [-0.39, 0.29) is 12.0 Å². The van der Waals surface area contributed by atoms with E-state index in [4.69, 9.17) is 16.3 Å². The zero-order valence-corrected chi connectivity index (χ0v) is 15.5.